The lowest BCUT2D eigenvalue weighted by molar-refractivity contribution is -0.142. The minimum Gasteiger partial charge on any atom is -0.497 e. The van der Waals surface area contributed by atoms with Crippen LogP contribution in [0.3, 0.4) is 0 Å². The third kappa shape index (κ3) is 6.74. The lowest BCUT2D eigenvalue weighted by Gasteiger charge is -2.31. The van der Waals surface area contributed by atoms with Gasteiger partial charge in [-0.3, -0.25) is 9.59 Å². The molecule has 0 spiro atoms. The Hall–Kier alpha value is -3.02. The van der Waals surface area contributed by atoms with Crippen LogP contribution in [0.5, 0.6) is 11.5 Å². The van der Waals surface area contributed by atoms with E-state index in [4.69, 9.17) is 9.47 Å². The van der Waals surface area contributed by atoms with Crippen molar-refractivity contribution in [3.63, 3.8) is 0 Å². The Morgan fingerprint density at radius 1 is 1.06 bits per heavy atom. The SMILES string of the molecule is COc1ccc(CN(C(=O)COc2cccc(C)c2)[C@H](C)C(=O)NC2CCCCC2)cc1. The molecule has 1 fully saturated rings. The van der Waals surface area contributed by atoms with E-state index in [1.165, 1.54) is 6.42 Å². The maximum atomic E-state index is 13.2. The van der Waals surface area contributed by atoms with E-state index in [9.17, 15) is 9.59 Å². The Balaban J connectivity index is 1.70. The van der Waals surface area contributed by atoms with Crippen molar-refractivity contribution in [2.75, 3.05) is 13.7 Å². The highest BCUT2D eigenvalue weighted by Gasteiger charge is 2.28. The van der Waals surface area contributed by atoms with E-state index in [2.05, 4.69) is 5.32 Å². The molecule has 6 nitrogen and oxygen atoms in total. The molecule has 6 heteroatoms. The van der Waals surface area contributed by atoms with Gasteiger partial charge in [-0.15, -0.1) is 0 Å². The van der Waals surface area contributed by atoms with E-state index in [1.807, 2.05) is 55.5 Å². The zero-order chi connectivity index (χ0) is 22.9. The highest BCUT2D eigenvalue weighted by atomic mass is 16.5. The molecule has 2 aromatic carbocycles. The second kappa shape index (κ2) is 11.6. The predicted octanol–water partition coefficient (Wildman–Crippen LogP) is 4.25. The molecule has 172 valence electrons. The summed E-state index contributed by atoms with van der Waals surface area (Å²) >= 11 is 0. The number of hydrogen-bond acceptors (Lipinski definition) is 4. The summed E-state index contributed by atoms with van der Waals surface area (Å²) in [7, 11) is 1.62. The minimum absolute atomic E-state index is 0.116. The fraction of sp³-hybridized carbons (Fsp3) is 0.462. The topological polar surface area (TPSA) is 67.9 Å². The molecule has 0 bridgehead atoms. The molecule has 32 heavy (non-hydrogen) atoms. The van der Waals surface area contributed by atoms with Crippen LogP contribution in [-0.4, -0.2) is 42.5 Å². The Morgan fingerprint density at radius 3 is 2.44 bits per heavy atom. The van der Waals surface area contributed by atoms with Gasteiger partial charge >= 0.3 is 0 Å². The van der Waals surface area contributed by atoms with Crippen LogP contribution >= 0.6 is 0 Å². The van der Waals surface area contributed by atoms with Crippen molar-refractivity contribution in [2.45, 2.75) is 64.6 Å². The standard InChI is InChI=1S/C26H34N2O4/c1-19-8-7-11-24(16-19)32-18-25(29)28(17-21-12-14-23(31-3)15-13-21)20(2)26(30)27-22-9-5-4-6-10-22/h7-8,11-16,20,22H,4-6,9-10,17-18H2,1-3H3,(H,27,30)/t20-/m1/s1. The molecule has 0 aromatic heterocycles. The van der Waals surface area contributed by atoms with E-state index in [-0.39, 0.29) is 24.5 Å². The zero-order valence-electron chi connectivity index (χ0n) is 19.3. The van der Waals surface area contributed by atoms with Gasteiger partial charge in [-0.05, 0) is 62.1 Å². The van der Waals surface area contributed by atoms with Crippen LogP contribution in [0.2, 0.25) is 0 Å². The van der Waals surface area contributed by atoms with Crippen LogP contribution in [0.25, 0.3) is 0 Å². The highest BCUT2D eigenvalue weighted by molar-refractivity contribution is 5.88. The molecule has 3 rings (SSSR count). The van der Waals surface area contributed by atoms with Crippen LogP contribution in [0.15, 0.2) is 48.5 Å². The molecule has 2 aromatic rings. The van der Waals surface area contributed by atoms with Gasteiger partial charge in [0.25, 0.3) is 5.91 Å². The predicted molar refractivity (Wildman–Crippen MR) is 125 cm³/mol. The second-order valence-corrected chi connectivity index (χ2v) is 8.49. The molecule has 0 unspecified atom stereocenters. The summed E-state index contributed by atoms with van der Waals surface area (Å²) < 4.78 is 11.0. The van der Waals surface area contributed by atoms with Crippen molar-refractivity contribution < 1.29 is 19.1 Å². The molecule has 0 heterocycles. The van der Waals surface area contributed by atoms with Gasteiger partial charge in [-0.2, -0.15) is 0 Å². The van der Waals surface area contributed by atoms with E-state index in [1.54, 1.807) is 18.9 Å². The highest BCUT2D eigenvalue weighted by Crippen LogP contribution is 2.19. The first-order chi connectivity index (χ1) is 15.5. The number of nitrogens with one attached hydrogen (secondary N) is 1. The number of rotatable bonds is 9. The third-order valence-corrected chi connectivity index (χ3v) is 5.98. The van der Waals surface area contributed by atoms with Crippen molar-refractivity contribution in [1.82, 2.24) is 10.2 Å². The Labute approximate surface area is 190 Å². The molecule has 2 amide bonds. The van der Waals surface area contributed by atoms with Crippen LogP contribution in [-0.2, 0) is 16.1 Å². The molecular formula is C26H34N2O4. The summed E-state index contributed by atoms with van der Waals surface area (Å²) in [6.45, 7) is 3.95. The van der Waals surface area contributed by atoms with E-state index >= 15 is 0 Å². The van der Waals surface area contributed by atoms with Crippen LogP contribution in [0.4, 0.5) is 0 Å². The maximum Gasteiger partial charge on any atom is 0.261 e. The summed E-state index contributed by atoms with van der Waals surface area (Å²) in [6, 6.07) is 14.7. The fourth-order valence-corrected chi connectivity index (χ4v) is 4.01. The van der Waals surface area contributed by atoms with Gasteiger partial charge in [0.15, 0.2) is 6.61 Å². The molecule has 1 atom stereocenters. The van der Waals surface area contributed by atoms with Crippen molar-refractivity contribution in [2.24, 2.45) is 0 Å². The number of aryl methyl sites for hydroxylation is 1. The summed E-state index contributed by atoms with van der Waals surface area (Å²) in [5.41, 5.74) is 1.98. The lowest BCUT2D eigenvalue weighted by atomic mass is 9.95. The summed E-state index contributed by atoms with van der Waals surface area (Å²) in [5.74, 6) is 1.04. The van der Waals surface area contributed by atoms with Gasteiger partial charge < -0.3 is 19.7 Å². The first kappa shape index (κ1) is 23.6. The fourth-order valence-electron chi connectivity index (χ4n) is 4.01. The normalized spacial score (nSPS) is 15.0. The molecule has 0 saturated heterocycles. The summed E-state index contributed by atoms with van der Waals surface area (Å²) in [5, 5.41) is 3.15. The Bertz CT molecular complexity index is 891. The Morgan fingerprint density at radius 2 is 1.78 bits per heavy atom. The largest absolute Gasteiger partial charge is 0.497 e. The monoisotopic (exact) mass is 438 g/mol. The molecule has 1 aliphatic rings. The summed E-state index contributed by atoms with van der Waals surface area (Å²) in [4.78, 5) is 27.8. The van der Waals surface area contributed by atoms with E-state index < -0.39 is 6.04 Å². The molecule has 1 N–H and O–H groups in total. The van der Waals surface area contributed by atoms with Gasteiger partial charge in [0.05, 0.1) is 7.11 Å². The molecule has 0 aliphatic heterocycles. The van der Waals surface area contributed by atoms with Gasteiger partial charge in [0, 0.05) is 12.6 Å². The summed E-state index contributed by atoms with van der Waals surface area (Å²) in [6.07, 6.45) is 5.50. The van der Waals surface area contributed by atoms with Crippen molar-refractivity contribution in [3.8, 4) is 11.5 Å². The number of carbonyl (C=O) groups is 2. The average molecular weight is 439 g/mol. The number of methoxy groups -OCH3 is 1. The quantitative estimate of drug-likeness (QED) is 0.636. The van der Waals surface area contributed by atoms with Gasteiger partial charge in [0.2, 0.25) is 5.91 Å². The molecule has 1 saturated carbocycles. The first-order valence-electron chi connectivity index (χ1n) is 11.4. The number of ether oxygens (including phenoxy) is 2. The number of amides is 2. The lowest BCUT2D eigenvalue weighted by Crippen LogP contribution is -2.51. The maximum absolute atomic E-state index is 13.2. The van der Waals surface area contributed by atoms with E-state index in [0.717, 1.165) is 42.6 Å². The Kier molecular flexibility index (Phi) is 8.54. The van der Waals surface area contributed by atoms with Gasteiger partial charge in [0.1, 0.15) is 17.5 Å². The number of nitrogens with zero attached hydrogens (tertiary/aromatic N) is 1. The van der Waals surface area contributed by atoms with Crippen LogP contribution < -0.4 is 14.8 Å². The molecule has 0 radical (unpaired) electrons. The van der Waals surface area contributed by atoms with Gasteiger partial charge in [-0.1, -0.05) is 43.5 Å². The minimum atomic E-state index is -0.604. The van der Waals surface area contributed by atoms with Crippen molar-refractivity contribution in [3.05, 3.63) is 59.7 Å². The first-order valence-corrected chi connectivity index (χ1v) is 11.4. The third-order valence-electron chi connectivity index (χ3n) is 5.98. The molecular weight excluding hydrogens is 404 g/mol. The number of carbonyl (C=O) groups excluding carboxylic acids is 2. The van der Waals surface area contributed by atoms with Crippen LogP contribution in [0, 0.1) is 6.92 Å². The van der Waals surface area contributed by atoms with Crippen LogP contribution in [0.1, 0.15) is 50.2 Å². The van der Waals surface area contributed by atoms with Crippen molar-refractivity contribution in [1.29, 1.82) is 0 Å². The van der Waals surface area contributed by atoms with Crippen molar-refractivity contribution >= 4 is 11.8 Å². The average Bonchev–Trinajstić information content (AvgIpc) is 2.81. The van der Waals surface area contributed by atoms with Gasteiger partial charge in [-0.25, -0.2) is 0 Å². The zero-order valence-corrected chi connectivity index (χ0v) is 19.3. The smallest absolute Gasteiger partial charge is 0.261 e. The number of benzene rings is 2. The number of hydrogen-bond donors (Lipinski definition) is 1. The molecule has 1 aliphatic carbocycles. The second-order valence-electron chi connectivity index (χ2n) is 8.49. The van der Waals surface area contributed by atoms with E-state index in [0.29, 0.717) is 12.3 Å².